The molecule has 0 unspecified atom stereocenters. The predicted molar refractivity (Wildman–Crippen MR) is 78.1 cm³/mol. The molecule has 23 heavy (non-hydrogen) atoms. The molecule has 0 bridgehead atoms. The summed E-state index contributed by atoms with van der Waals surface area (Å²) in [5.41, 5.74) is -0.386. The van der Waals surface area contributed by atoms with E-state index in [-0.39, 0.29) is 29.2 Å². The second kappa shape index (κ2) is 5.79. The highest BCUT2D eigenvalue weighted by Crippen LogP contribution is 2.33. The van der Waals surface area contributed by atoms with Gasteiger partial charge < -0.3 is 14.5 Å². The van der Waals surface area contributed by atoms with Crippen LogP contribution in [-0.2, 0) is 4.79 Å². The molecule has 2 aliphatic rings. The van der Waals surface area contributed by atoms with Crippen molar-refractivity contribution in [3.8, 4) is 5.75 Å². The van der Waals surface area contributed by atoms with Crippen molar-refractivity contribution in [3.05, 3.63) is 29.3 Å². The van der Waals surface area contributed by atoms with E-state index in [9.17, 15) is 18.4 Å². The molecule has 0 aromatic heterocycles. The van der Waals surface area contributed by atoms with Gasteiger partial charge in [0.1, 0.15) is 11.3 Å². The van der Waals surface area contributed by atoms with Gasteiger partial charge in [-0.05, 0) is 18.6 Å². The van der Waals surface area contributed by atoms with E-state index in [4.69, 9.17) is 4.74 Å². The van der Waals surface area contributed by atoms with Crippen molar-refractivity contribution in [1.82, 2.24) is 9.80 Å². The summed E-state index contributed by atoms with van der Waals surface area (Å²) in [4.78, 5) is 27.6. The molecule has 2 amide bonds. The molecule has 2 atom stereocenters. The van der Waals surface area contributed by atoms with Crippen LogP contribution in [0.15, 0.2) is 12.1 Å². The van der Waals surface area contributed by atoms with Gasteiger partial charge in [-0.3, -0.25) is 9.59 Å². The second-order valence-corrected chi connectivity index (χ2v) is 6.01. The van der Waals surface area contributed by atoms with Crippen LogP contribution in [-0.4, -0.2) is 54.9 Å². The van der Waals surface area contributed by atoms with Crippen LogP contribution in [0.1, 0.15) is 23.2 Å². The number of nitrogens with zero attached hydrogens (tertiary/aromatic N) is 2. The van der Waals surface area contributed by atoms with Gasteiger partial charge in [-0.25, -0.2) is 8.78 Å². The predicted octanol–water partition coefficient (Wildman–Crippen LogP) is 1.67. The Morgan fingerprint density at radius 1 is 1.35 bits per heavy atom. The number of hydrogen-bond donors (Lipinski definition) is 0. The zero-order valence-corrected chi connectivity index (χ0v) is 13.0. The highest BCUT2D eigenvalue weighted by atomic mass is 19.2. The maximum atomic E-state index is 14.1. The third-order valence-corrected chi connectivity index (χ3v) is 4.80. The van der Waals surface area contributed by atoms with E-state index in [0.717, 1.165) is 6.07 Å². The van der Waals surface area contributed by atoms with E-state index in [1.54, 1.807) is 11.9 Å². The number of halogens is 2. The number of ether oxygens (including phenoxy) is 1. The van der Waals surface area contributed by atoms with Crippen LogP contribution in [0.25, 0.3) is 0 Å². The molecular formula is C16H18F2N2O3. The summed E-state index contributed by atoms with van der Waals surface area (Å²) in [6, 6.07) is 2.29. The molecule has 2 heterocycles. The lowest BCUT2D eigenvalue weighted by molar-refractivity contribution is -0.127. The zero-order chi connectivity index (χ0) is 16.7. The van der Waals surface area contributed by atoms with Crippen LogP contribution in [0.5, 0.6) is 5.75 Å². The summed E-state index contributed by atoms with van der Waals surface area (Å²) >= 11 is 0. The summed E-state index contributed by atoms with van der Waals surface area (Å²) in [6.07, 6.45) is 1.02. The van der Waals surface area contributed by atoms with Crippen molar-refractivity contribution in [2.24, 2.45) is 5.92 Å². The lowest BCUT2D eigenvalue weighted by Gasteiger charge is -2.36. The molecule has 2 fully saturated rings. The van der Waals surface area contributed by atoms with E-state index < -0.39 is 17.5 Å². The highest BCUT2D eigenvalue weighted by molar-refractivity contribution is 5.97. The van der Waals surface area contributed by atoms with Crippen LogP contribution >= 0.6 is 0 Å². The number of rotatable bonds is 2. The van der Waals surface area contributed by atoms with Gasteiger partial charge in [-0.15, -0.1) is 0 Å². The third kappa shape index (κ3) is 2.54. The largest absolute Gasteiger partial charge is 0.496 e. The molecule has 124 valence electrons. The monoisotopic (exact) mass is 324 g/mol. The normalized spacial score (nSPS) is 23.9. The summed E-state index contributed by atoms with van der Waals surface area (Å²) < 4.78 is 32.6. The van der Waals surface area contributed by atoms with Gasteiger partial charge in [0.15, 0.2) is 11.6 Å². The molecule has 0 N–H and O–H groups in total. The minimum atomic E-state index is -1.20. The average Bonchev–Trinajstić information content (AvgIpc) is 2.83. The Labute approximate surface area is 132 Å². The Hall–Kier alpha value is -2.18. The van der Waals surface area contributed by atoms with Gasteiger partial charge in [0.2, 0.25) is 5.91 Å². The fraction of sp³-hybridized carbons (Fsp3) is 0.500. The molecule has 0 radical (unpaired) electrons. The second-order valence-electron chi connectivity index (χ2n) is 6.01. The fourth-order valence-electron chi connectivity index (χ4n) is 3.53. The first-order valence-corrected chi connectivity index (χ1v) is 7.51. The van der Waals surface area contributed by atoms with Crippen molar-refractivity contribution >= 4 is 11.8 Å². The summed E-state index contributed by atoms with van der Waals surface area (Å²) in [6.45, 7) is 0.759. The Balaban J connectivity index is 1.85. The van der Waals surface area contributed by atoms with Gasteiger partial charge >= 0.3 is 0 Å². The van der Waals surface area contributed by atoms with E-state index in [1.807, 2.05) is 0 Å². The summed E-state index contributed by atoms with van der Waals surface area (Å²) in [5.74, 6) is -2.78. The van der Waals surface area contributed by atoms with Gasteiger partial charge in [-0.2, -0.15) is 0 Å². The van der Waals surface area contributed by atoms with Crippen LogP contribution in [0.4, 0.5) is 8.78 Å². The summed E-state index contributed by atoms with van der Waals surface area (Å²) in [7, 11) is 3.07. The molecule has 7 heteroatoms. The smallest absolute Gasteiger partial charge is 0.260 e. The number of fused-ring (bicyclic) bond motifs is 1. The van der Waals surface area contributed by atoms with Crippen LogP contribution < -0.4 is 4.74 Å². The number of likely N-dealkylation sites (tertiary alicyclic amines) is 2. The Kier molecular flexibility index (Phi) is 3.95. The standard InChI is InChI=1S/C16H18F2N2O3/c1-19-11-5-6-20(8-9(11)7-13(19)21)16(22)14-12(23-2)4-3-10(17)15(14)18/h3-4,9,11H,5-8H2,1-2H3/t9-,11+/m1/s1. The maximum Gasteiger partial charge on any atom is 0.260 e. The number of amides is 2. The number of carbonyl (C=O) groups excluding carboxylic acids is 2. The molecule has 0 spiro atoms. The van der Waals surface area contributed by atoms with Gasteiger partial charge in [0.25, 0.3) is 5.91 Å². The molecule has 5 nitrogen and oxygen atoms in total. The van der Waals surface area contributed by atoms with E-state index in [0.29, 0.717) is 25.9 Å². The first-order chi connectivity index (χ1) is 10.9. The number of benzene rings is 1. The molecule has 1 aromatic rings. The molecule has 2 saturated heterocycles. The molecule has 3 rings (SSSR count). The van der Waals surface area contributed by atoms with Gasteiger partial charge in [0.05, 0.1) is 7.11 Å². The van der Waals surface area contributed by atoms with Crippen molar-refractivity contribution in [2.45, 2.75) is 18.9 Å². The average molecular weight is 324 g/mol. The minimum absolute atomic E-state index is 0.00985. The molecule has 0 aliphatic carbocycles. The van der Waals surface area contributed by atoms with Crippen molar-refractivity contribution < 1.29 is 23.1 Å². The van der Waals surface area contributed by atoms with Gasteiger partial charge in [0, 0.05) is 38.5 Å². The Bertz CT molecular complexity index is 665. The van der Waals surface area contributed by atoms with Crippen LogP contribution in [0.2, 0.25) is 0 Å². The number of carbonyl (C=O) groups is 2. The Morgan fingerprint density at radius 3 is 2.78 bits per heavy atom. The zero-order valence-electron chi connectivity index (χ0n) is 13.0. The Morgan fingerprint density at radius 2 is 2.09 bits per heavy atom. The van der Waals surface area contributed by atoms with Crippen molar-refractivity contribution in [3.63, 3.8) is 0 Å². The molecule has 2 aliphatic heterocycles. The van der Waals surface area contributed by atoms with Crippen molar-refractivity contribution in [1.29, 1.82) is 0 Å². The van der Waals surface area contributed by atoms with Crippen molar-refractivity contribution in [2.75, 3.05) is 27.2 Å². The first kappa shape index (κ1) is 15.7. The minimum Gasteiger partial charge on any atom is -0.496 e. The van der Waals surface area contributed by atoms with E-state index in [1.165, 1.54) is 18.1 Å². The molecule has 1 aromatic carbocycles. The first-order valence-electron chi connectivity index (χ1n) is 7.51. The number of piperidine rings is 1. The molecular weight excluding hydrogens is 306 g/mol. The summed E-state index contributed by atoms with van der Waals surface area (Å²) in [5, 5.41) is 0. The lowest BCUT2D eigenvalue weighted by Crippen LogP contribution is -2.47. The van der Waals surface area contributed by atoms with Crippen LogP contribution in [0, 0.1) is 17.6 Å². The van der Waals surface area contributed by atoms with E-state index in [2.05, 4.69) is 0 Å². The number of hydrogen-bond acceptors (Lipinski definition) is 3. The SMILES string of the molecule is COc1ccc(F)c(F)c1C(=O)N1CC[C@H]2[C@H](CC(=O)N2C)C1. The van der Waals surface area contributed by atoms with Gasteiger partial charge in [-0.1, -0.05) is 0 Å². The fourth-order valence-corrected chi connectivity index (χ4v) is 3.53. The quantitative estimate of drug-likeness (QED) is 0.831. The topological polar surface area (TPSA) is 49.9 Å². The lowest BCUT2D eigenvalue weighted by atomic mass is 9.92. The highest BCUT2D eigenvalue weighted by Gasteiger charge is 2.42. The molecule has 0 saturated carbocycles. The maximum absolute atomic E-state index is 14.1. The van der Waals surface area contributed by atoms with E-state index >= 15 is 0 Å². The van der Waals surface area contributed by atoms with Crippen LogP contribution in [0.3, 0.4) is 0 Å². The number of methoxy groups -OCH3 is 1. The third-order valence-electron chi connectivity index (χ3n) is 4.80.